The summed E-state index contributed by atoms with van der Waals surface area (Å²) in [6.07, 6.45) is -0.0424. The molecule has 1 amide bonds. The van der Waals surface area contributed by atoms with E-state index in [0.717, 1.165) is 24.6 Å². The van der Waals surface area contributed by atoms with E-state index in [9.17, 15) is 18.0 Å². The number of carbonyl (C=O) groups excluding carboxylic acids is 1. The van der Waals surface area contributed by atoms with Crippen LogP contribution >= 0.6 is 0 Å². The summed E-state index contributed by atoms with van der Waals surface area (Å²) in [6.45, 7) is 3.04. The lowest BCUT2D eigenvalue weighted by Gasteiger charge is -2.32. The van der Waals surface area contributed by atoms with E-state index in [0.29, 0.717) is 37.2 Å². The zero-order chi connectivity index (χ0) is 18.7. The van der Waals surface area contributed by atoms with Gasteiger partial charge in [-0.25, -0.2) is 4.98 Å². The van der Waals surface area contributed by atoms with Crippen molar-refractivity contribution in [1.82, 2.24) is 14.9 Å². The molecule has 1 aliphatic heterocycles. The molecule has 140 valence electrons. The third-order valence-electron chi connectivity index (χ3n) is 4.98. The van der Waals surface area contributed by atoms with E-state index in [-0.39, 0.29) is 11.8 Å². The van der Waals surface area contributed by atoms with Crippen molar-refractivity contribution in [3.05, 3.63) is 53.1 Å². The molecule has 1 aromatic carbocycles. The number of imidazole rings is 1. The number of aromatic amines is 1. The van der Waals surface area contributed by atoms with Crippen molar-refractivity contribution < 1.29 is 18.0 Å². The first-order valence-electron chi connectivity index (χ1n) is 8.80. The lowest BCUT2D eigenvalue weighted by atomic mass is 9.90. The Morgan fingerprint density at radius 1 is 1.35 bits per heavy atom. The molecular weight excluding hydrogens is 343 g/mol. The van der Waals surface area contributed by atoms with E-state index in [4.69, 9.17) is 0 Å². The minimum Gasteiger partial charge on any atom is -0.348 e. The summed E-state index contributed by atoms with van der Waals surface area (Å²) in [6, 6.07) is 5.73. The number of H-pyrrole nitrogens is 1. The number of amides is 1. The van der Waals surface area contributed by atoms with E-state index in [2.05, 4.69) is 9.97 Å². The maximum atomic E-state index is 13.1. The second-order valence-electron chi connectivity index (χ2n) is 6.83. The molecule has 3 rings (SSSR count). The first-order valence-corrected chi connectivity index (χ1v) is 8.80. The van der Waals surface area contributed by atoms with Crippen molar-refractivity contribution in [2.75, 3.05) is 13.1 Å². The SMILES string of the molecule is Cc1[nH]cnc1C(=O)N1CCC[C@@H](CCc2ccccc2C(F)(F)F)C1. The van der Waals surface area contributed by atoms with Gasteiger partial charge in [0.2, 0.25) is 0 Å². The Morgan fingerprint density at radius 3 is 2.81 bits per heavy atom. The molecule has 1 atom stereocenters. The van der Waals surface area contributed by atoms with E-state index in [1.54, 1.807) is 24.0 Å². The maximum absolute atomic E-state index is 13.1. The number of likely N-dealkylation sites (tertiary alicyclic amines) is 1. The van der Waals surface area contributed by atoms with Gasteiger partial charge >= 0.3 is 6.18 Å². The summed E-state index contributed by atoms with van der Waals surface area (Å²) in [5, 5.41) is 0. The second-order valence-corrected chi connectivity index (χ2v) is 6.83. The van der Waals surface area contributed by atoms with Crippen LogP contribution in [0.1, 0.15) is 46.6 Å². The molecule has 2 heterocycles. The van der Waals surface area contributed by atoms with Gasteiger partial charge in [-0.2, -0.15) is 13.2 Å². The lowest BCUT2D eigenvalue weighted by molar-refractivity contribution is -0.138. The molecule has 0 spiro atoms. The average molecular weight is 365 g/mol. The average Bonchev–Trinajstić information content (AvgIpc) is 3.05. The number of benzene rings is 1. The Morgan fingerprint density at radius 2 is 2.12 bits per heavy atom. The highest BCUT2D eigenvalue weighted by atomic mass is 19.4. The molecular formula is C19H22F3N3O. The molecule has 7 heteroatoms. The first kappa shape index (κ1) is 18.5. The quantitative estimate of drug-likeness (QED) is 0.882. The van der Waals surface area contributed by atoms with Gasteiger partial charge in [0, 0.05) is 18.8 Å². The fraction of sp³-hybridized carbons (Fsp3) is 0.474. The van der Waals surface area contributed by atoms with E-state index >= 15 is 0 Å². The number of rotatable bonds is 4. The Labute approximate surface area is 150 Å². The smallest absolute Gasteiger partial charge is 0.348 e. The van der Waals surface area contributed by atoms with Crippen molar-refractivity contribution in [3.8, 4) is 0 Å². The molecule has 1 saturated heterocycles. The fourth-order valence-corrected chi connectivity index (χ4v) is 3.58. The minimum absolute atomic E-state index is 0.107. The third kappa shape index (κ3) is 4.08. The van der Waals surface area contributed by atoms with Crippen LogP contribution in [0.3, 0.4) is 0 Å². The van der Waals surface area contributed by atoms with Gasteiger partial charge in [0.1, 0.15) is 5.69 Å². The van der Waals surface area contributed by atoms with Crippen LogP contribution in [0.15, 0.2) is 30.6 Å². The number of nitrogens with one attached hydrogen (secondary N) is 1. The number of halogens is 3. The summed E-state index contributed by atoms with van der Waals surface area (Å²) in [5.74, 6) is 0.0948. The van der Waals surface area contributed by atoms with Gasteiger partial charge < -0.3 is 9.88 Å². The molecule has 2 aromatic rings. The van der Waals surface area contributed by atoms with Crippen molar-refractivity contribution in [2.45, 2.75) is 38.8 Å². The highest BCUT2D eigenvalue weighted by molar-refractivity contribution is 5.93. The minimum atomic E-state index is -4.33. The lowest BCUT2D eigenvalue weighted by Crippen LogP contribution is -2.40. The summed E-state index contributed by atoms with van der Waals surface area (Å²) >= 11 is 0. The summed E-state index contributed by atoms with van der Waals surface area (Å²) in [5.41, 5.74) is 0.923. The van der Waals surface area contributed by atoms with Crippen molar-refractivity contribution in [3.63, 3.8) is 0 Å². The van der Waals surface area contributed by atoms with Crippen molar-refractivity contribution >= 4 is 5.91 Å². The normalized spacial score (nSPS) is 18.2. The molecule has 4 nitrogen and oxygen atoms in total. The Kier molecular flexibility index (Phi) is 5.34. The van der Waals surface area contributed by atoms with Crippen molar-refractivity contribution in [2.24, 2.45) is 5.92 Å². The van der Waals surface area contributed by atoms with E-state index in [1.807, 2.05) is 0 Å². The number of alkyl halides is 3. The highest BCUT2D eigenvalue weighted by Gasteiger charge is 2.33. The Balaban J connectivity index is 1.63. The molecule has 1 aromatic heterocycles. The molecule has 1 aliphatic rings. The van der Waals surface area contributed by atoms with Gasteiger partial charge in [0.05, 0.1) is 11.9 Å². The van der Waals surface area contributed by atoms with Crippen molar-refractivity contribution in [1.29, 1.82) is 0 Å². The van der Waals surface area contributed by atoms with Gasteiger partial charge in [-0.1, -0.05) is 18.2 Å². The van der Waals surface area contributed by atoms with E-state index < -0.39 is 11.7 Å². The zero-order valence-electron chi connectivity index (χ0n) is 14.6. The largest absolute Gasteiger partial charge is 0.416 e. The standard InChI is InChI=1S/C19H22F3N3O/c1-13-17(24-12-23-13)18(26)25-10-4-5-14(11-25)8-9-15-6-2-3-7-16(15)19(20,21)22/h2-3,6-7,12,14H,4-5,8-11H2,1H3,(H,23,24)/t14-/m0/s1. The van der Waals surface area contributed by atoms with E-state index in [1.165, 1.54) is 12.4 Å². The fourth-order valence-electron chi connectivity index (χ4n) is 3.58. The van der Waals surface area contributed by atoms with Gasteiger partial charge in [0.15, 0.2) is 0 Å². The molecule has 0 aliphatic carbocycles. The number of carbonyl (C=O) groups is 1. The predicted molar refractivity (Wildman–Crippen MR) is 91.7 cm³/mol. The van der Waals surface area contributed by atoms with Crippen LogP contribution < -0.4 is 0 Å². The first-order chi connectivity index (χ1) is 12.4. The molecule has 0 saturated carbocycles. The van der Waals surface area contributed by atoms with Crippen LogP contribution in [0, 0.1) is 12.8 Å². The Hall–Kier alpha value is -2.31. The topological polar surface area (TPSA) is 49.0 Å². The number of piperidine rings is 1. The van der Waals surface area contributed by atoms with Gasteiger partial charge in [-0.3, -0.25) is 4.79 Å². The number of hydrogen-bond acceptors (Lipinski definition) is 2. The summed E-state index contributed by atoms with van der Waals surface area (Å²) in [7, 11) is 0. The van der Waals surface area contributed by atoms with Crippen LogP contribution in [-0.4, -0.2) is 33.9 Å². The predicted octanol–water partition coefficient (Wildman–Crippen LogP) is 4.22. The van der Waals surface area contributed by atoms with Crippen LogP contribution in [0.5, 0.6) is 0 Å². The summed E-state index contributed by atoms with van der Waals surface area (Å²) < 4.78 is 39.3. The Bertz CT molecular complexity index is 769. The third-order valence-corrected chi connectivity index (χ3v) is 4.98. The monoisotopic (exact) mass is 365 g/mol. The molecule has 1 N–H and O–H groups in total. The number of nitrogens with zero attached hydrogens (tertiary/aromatic N) is 2. The second kappa shape index (κ2) is 7.51. The van der Waals surface area contributed by atoms with Gasteiger partial charge in [0.25, 0.3) is 5.91 Å². The van der Waals surface area contributed by atoms with Crippen LogP contribution in [0.4, 0.5) is 13.2 Å². The molecule has 0 bridgehead atoms. The van der Waals surface area contributed by atoms with Crippen LogP contribution in [0.2, 0.25) is 0 Å². The molecule has 0 radical (unpaired) electrons. The molecule has 0 unspecified atom stereocenters. The molecule has 26 heavy (non-hydrogen) atoms. The number of aryl methyl sites for hydroxylation is 2. The van der Waals surface area contributed by atoms with Crippen LogP contribution in [-0.2, 0) is 12.6 Å². The van der Waals surface area contributed by atoms with Gasteiger partial charge in [-0.15, -0.1) is 0 Å². The number of hydrogen-bond donors (Lipinski definition) is 1. The zero-order valence-corrected chi connectivity index (χ0v) is 14.6. The highest BCUT2D eigenvalue weighted by Crippen LogP contribution is 2.33. The number of aromatic nitrogens is 2. The van der Waals surface area contributed by atoms with Gasteiger partial charge in [-0.05, 0) is 50.2 Å². The maximum Gasteiger partial charge on any atom is 0.416 e. The van der Waals surface area contributed by atoms with Crippen LogP contribution in [0.25, 0.3) is 0 Å². The molecule has 1 fully saturated rings. The summed E-state index contributed by atoms with van der Waals surface area (Å²) in [4.78, 5) is 21.3.